The molecular formula is C18H26N8O9. The Labute approximate surface area is 197 Å². The molecule has 0 aromatic carbocycles. The van der Waals surface area contributed by atoms with Crippen molar-refractivity contribution in [1.29, 1.82) is 0 Å². The number of carboxylic acids is 2. The van der Waals surface area contributed by atoms with E-state index in [-0.39, 0.29) is 6.42 Å². The molecule has 0 radical (unpaired) electrons. The number of carbonyl (C=O) groups is 7. The van der Waals surface area contributed by atoms with Crippen LogP contribution in [0.2, 0.25) is 0 Å². The van der Waals surface area contributed by atoms with Gasteiger partial charge in [-0.1, -0.05) is 0 Å². The van der Waals surface area contributed by atoms with E-state index in [1.165, 1.54) is 12.5 Å². The molecule has 17 nitrogen and oxygen atoms in total. The van der Waals surface area contributed by atoms with Crippen LogP contribution in [0.15, 0.2) is 12.5 Å². The number of aromatic nitrogens is 2. The third-order valence-electron chi connectivity index (χ3n) is 4.40. The lowest BCUT2D eigenvalue weighted by Crippen LogP contribution is -2.58. The quantitative estimate of drug-likeness (QED) is 0.110. The average Bonchev–Trinajstić information content (AvgIpc) is 3.24. The molecule has 17 heteroatoms. The first-order valence-corrected chi connectivity index (χ1v) is 9.95. The summed E-state index contributed by atoms with van der Waals surface area (Å²) >= 11 is 0. The Bertz CT molecular complexity index is 965. The van der Waals surface area contributed by atoms with Crippen LogP contribution in [-0.2, 0) is 40.0 Å². The van der Waals surface area contributed by atoms with E-state index in [9.17, 15) is 33.6 Å². The molecule has 4 unspecified atom stereocenters. The van der Waals surface area contributed by atoms with E-state index < -0.39 is 84.9 Å². The van der Waals surface area contributed by atoms with Gasteiger partial charge in [-0.15, -0.1) is 0 Å². The average molecular weight is 498 g/mol. The van der Waals surface area contributed by atoms with Gasteiger partial charge in [0.05, 0.1) is 31.6 Å². The molecule has 0 saturated heterocycles. The first-order chi connectivity index (χ1) is 16.3. The number of nitrogens with one attached hydrogen (secondary N) is 4. The number of imidazole rings is 1. The van der Waals surface area contributed by atoms with E-state index in [2.05, 4.69) is 20.6 Å². The molecule has 0 bridgehead atoms. The Kier molecular flexibility index (Phi) is 10.8. The molecule has 0 aliphatic heterocycles. The summed E-state index contributed by atoms with van der Waals surface area (Å²) in [4.78, 5) is 88.7. The van der Waals surface area contributed by atoms with Crippen molar-refractivity contribution in [2.75, 3.05) is 0 Å². The monoisotopic (exact) mass is 498 g/mol. The van der Waals surface area contributed by atoms with E-state index in [4.69, 9.17) is 27.4 Å². The predicted octanol–water partition coefficient (Wildman–Crippen LogP) is -4.96. The topological polar surface area (TPSA) is 303 Å². The number of H-pyrrole nitrogens is 1. The summed E-state index contributed by atoms with van der Waals surface area (Å²) in [6.45, 7) is 0. The fraction of sp³-hybridized carbons (Fsp3) is 0.444. The van der Waals surface area contributed by atoms with Crippen LogP contribution in [0.1, 0.15) is 25.0 Å². The second-order valence-electron chi connectivity index (χ2n) is 7.35. The fourth-order valence-electron chi connectivity index (χ4n) is 2.74. The van der Waals surface area contributed by atoms with Crippen molar-refractivity contribution in [3.8, 4) is 0 Å². The van der Waals surface area contributed by atoms with Crippen LogP contribution in [0.25, 0.3) is 0 Å². The van der Waals surface area contributed by atoms with Gasteiger partial charge in [0.25, 0.3) is 0 Å². The molecule has 0 fully saturated rings. The van der Waals surface area contributed by atoms with Crippen LogP contribution in [0, 0.1) is 0 Å². The molecule has 0 spiro atoms. The number of hydrogen-bond donors (Lipinski definition) is 9. The van der Waals surface area contributed by atoms with E-state index in [0.717, 1.165) is 0 Å². The molecular weight excluding hydrogens is 472 g/mol. The third kappa shape index (κ3) is 10.3. The van der Waals surface area contributed by atoms with E-state index in [1.807, 2.05) is 5.32 Å². The predicted molar refractivity (Wildman–Crippen MR) is 114 cm³/mol. The summed E-state index contributed by atoms with van der Waals surface area (Å²) in [7, 11) is 0. The Hall–Kier alpha value is -4.54. The third-order valence-corrected chi connectivity index (χ3v) is 4.40. The van der Waals surface area contributed by atoms with Gasteiger partial charge in [-0.3, -0.25) is 28.8 Å². The molecule has 1 heterocycles. The highest BCUT2D eigenvalue weighted by molar-refractivity contribution is 5.97. The lowest BCUT2D eigenvalue weighted by atomic mass is 10.1. The zero-order chi connectivity index (χ0) is 26.7. The van der Waals surface area contributed by atoms with Crippen LogP contribution in [0.4, 0.5) is 0 Å². The molecule has 4 atom stereocenters. The van der Waals surface area contributed by atoms with Crippen molar-refractivity contribution in [2.24, 2.45) is 17.2 Å². The minimum Gasteiger partial charge on any atom is -0.481 e. The maximum absolute atomic E-state index is 12.8. The molecule has 0 aliphatic carbocycles. The van der Waals surface area contributed by atoms with Gasteiger partial charge in [-0.05, 0) is 0 Å². The summed E-state index contributed by atoms with van der Waals surface area (Å²) in [6.07, 6.45) is 0.119. The van der Waals surface area contributed by atoms with Crippen molar-refractivity contribution in [2.45, 2.75) is 49.9 Å². The molecule has 12 N–H and O–H groups in total. The normalized spacial score (nSPS) is 14.0. The maximum atomic E-state index is 12.8. The van der Waals surface area contributed by atoms with E-state index in [0.29, 0.717) is 5.69 Å². The molecule has 1 aromatic rings. The molecule has 0 saturated carbocycles. The summed E-state index contributed by atoms with van der Waals surface area (Å²) in [5.74, 6) is -8.18. The van der Waals surface area contributed by atoms with Crippen LogP contribution >= 0.6 is 0 Å². The van der Waals surface area contributed by atoms with Crippen molar-refractivity contribution >= 4 is 41.5 Å². The molecule has 5 amide bonds. The van der Waals surface area contributed by atoms with E-state index >= 15 is 0 Å². The summed E-state index contributed by atoms with van der Waals surface area (Å²) in [5, 5.41) is 24.4. The number of nitrogens with two attached hydrogens (primary N) is 3. The van der Waals surface area contributed by atoms with Gasteiger partial charge in [0, 0.05) is 18.3 Å². The summed E-state index contributed by atoms with van der Waals surface area (Å²) in [5.41, 5.74) is 15.9. The van der Waals surface area contributed by atoms with Gasteiger partial charge >= 0.3 is 11.9 Å². The number of rotatable bonds is 15. The second kappa shape index (κ2) is 13.2. The second-order valence-corrected chi connectivity index (χ2v) is 7.35. The van der Waals surface area contributed by atoms with Gasteiger partial charge in [0.1, 0.15) is 18.1 Å². The molecule has 35 heavy (non-hydrogen) atoms. The minimum absolute atomic E-state index is 0.255. The van der Waals surface area contributed by atoms with Crippen molar-refractivity contribution < 1.29 is 43.8 Å². The molecule has 1 rings (SSSR count). The number of aromatic amines is 1. The number of aliphatic carboxylic acids is 2. The number of primary amides is 2. The molecule has 0 aliphatic rings. The van der Waals surface area contributed by atoms with Gasteiger partial charge in [0.15, 0.2) is 0 Å². The number of hydrogen-bond acceptors (Lipinski definition) is 9. The fourth-order valence-corrected chi connectivity index (χ4v) is 2.74. The van der Waals surface area contributed by atoms with Crippen molar-refractivity contribution in [1.82, 2.24) is 25.9 Å². The lowest BCUT2D eigenvalue weighted by Gasteiger charge is -2.24. The van der Waals surface area contributed by atoms with Gasteiger partial charge in [-0.25, -0.2) is 9.78 Å². The smallest absolute Gasteiger partial charge is 0.326 e. The molecule has 1 aromatic heterocycles. The molecule has 192 valence electrons. The maximum Gasteiger partial charge on any atom is 0.326 e. The lowest BCUT2D eigenvalue weighted by molar-refractivity contribution is -0.147. The van der Waals surface area contributed by atoms with Crippen LogP contribution in [0.3, 0.4) is 0 Å². The standard InChI is InChI=1S/C18H26N8O9/c19-8(2-12(20)27)15(31)24-10(3-13(21)28)17(33)25-9(1-7-5-22-6-23-7)16(32)26-11(18(34)35)4-14(29)30/h5-6,8-11H,1-4,19H2,(H2,20,27)(H2,21,28)(H,22,23)(H,24,31)(H,25,33)(H,26,32)(H,29,30)(H,34,35). The number of nitrogens with zero attached hydrogens (tertiary/aromatic N) is 1. The van der Waals surface area contributed by atoms with Crippen LogP contribution in [0.5, 0.6) is 0 Å². The Morgan fingerprint density at radius 3 is 1.86 bits per heavy atom. The number of carboxylic acid groups (broad SMARTS) is 2. The van der Waals surface area contributed by atoms with Gasteiger partial charge in [-0.2, -0.15) is 0 Å². The van der Waals surface area contributed by atoms with Crippen molar-refractivity contribution in [3.63, 3.8) is 0 Å². The zero-order valence-corrected chi connectivity index (χ0v) is 18.2. The van der Waals surface area contributed by atoms with Crippen LogP contribution in [-0.4, -0.2) is 85.8 Å². The first-order valence-electron chi connectivity index (χ1n) is 9.95. The zero-order valence-electron chi connectivity index (χ0n) is 18.2. The summed E-state index contributed by atoms with van der Waals surface area (Å²) in [6, 6.07) is -6.36. The van der Waals surface area contributed by atoms with E-state index in [1.54, 1.807) is 0 Å². The van der Waals surface area contributed by atoms with Gasteiger partial charge < -0.3 is 48.3 Å². The number of amides is 5. The largest absolute Gasteiger partial charge is 0.481 e. The summed E-state index contributed by atoms with van der Waals surface area (Å²) < 4.78 is 0. The highest BCUT2D eigenvalue weighted by Gasteiger charge is 2.32. The number of carbonyl (C=O) groups excluding carboxylic acids is 5. The SMILES string of the molecule is NC(=O)CC(N)C(=O)NC(CC(N)=O)C(=O)NC(Cc1cnc[nH]1)C(=O)NC(CC(=O)O)C(=O)O. The van der Waals surface area contributed by atoms with Crippen molar-refractivity contribution in [3.05, 3.63) is 18.2 Å². The highest BCUT2D eigenvalue weighted by atomic mass is 16.4. The highest BCUT2D eigenvalue weighted by Crippen LogP contribution is 2.04. The first kappa shape index (κ1) is 28.5. The van der Waals surface area contributed by atoms with Crippen LogP contribution < -0.4 is 33.2 Å². The Morgan fingerprint density at radius 2 is 1.37 bits per heavy atom. The van der Waals surface area contributed by atoms with Gasteiger partial charge in [0.2, 0.25) is 29.5 Å². The minimum atomic E-state index is -1.81. The Morgan fingerprint density at radius 1 is 0.829 bits per heavy atom. The Balaban J connectivity index is 3.09.